The highest BCUT2D eigenvalue weighted by molar-refractivity contribution is 5.56. The normalized spacial score (nSPS) is 16.3. The fourth-order valence-corrected chi connectivity index (χ4v) is 2.64. The first-order valence-corrected chi connectivity index (χ1v) is 7.49. The van der Waals surface area contributed by atoms with E-state index in [0.29, 0.717) is 6.04 Å². The Bertz CT molecular complexity index is 572. The number of piperidine rings is 1. The molecule has 0 spiro atoms. The van der Waals surface area contributed by atoms with Crippen molar-refractivity contribution >= 4 is 0 Å². The van der Waals surface area contributed by atoms with Gasteiger partial charge < -0.3 is 10.1 Å². The molecular weight excluding hydrogens is 266 g/mol. The van der Waals surface area contributed by atoms with Crippen molar-refractivity contribution in [2.24, 2.45) is 0 Å². The first-order valence-electron chi connectivity index (χ1n) is 7.49. The molecule has 0 unspecified atom stereocenters. The third kappa shape index (κ3) is 3.21. The van der Waals surface area contributed by atoms with Crippen LogP contribution in [0.2, 0.25) is 0 Å². The molecule has 1 aromatic carbocycles. The number of benzene rings is 1. The van der Waals surface area contributed by atoms with Crippen LogP contribution in [0.1, 0.15) is 32.7 Å². The predicted molar refractivity (Wildman–Crippen MR) is 80.2 cm³/mol. The molecule has 21 heavy (non-hydrogen) atoms. The van der Waals surface area contributed by atoms with Crippen LogP contribution in [0.4, 0.5) is 0 Å². The topological polar surface area (TPSA) is 64.9 Å². The average molecular weight is 287 g/mol. The zero-order valence-electron chi connectivity index (χ0n) is 12.5. The molecule has 1 aromatic heterocycles. The third-order valence-electron chi connectivity index (χ3n) is 3.63. The average Bonchev–Trinajstić information content (AvgIpc) is 2.98. The molecule has 2 aromatic rings. The molecule has 0 saturated carbocycles. The van der Waals surface area contributed by atoms with Gasteiger partial charge in [-0.3, -0.25) is 0 Å². The first-order chi connectivity index (χ1) is 10.2. The summed E-state index contributed by atoms with van der Waals surface area (Å²) in [5.74, 6) is 1.70. The summed E-state index contributed by atoms with van der Waals surface area (Å²) < 4.78 is 7.62. The number of nitrogens with zero attached hydrogens (tertiary/aromatic N) is 4. The molecule has 1 saturated heterocycles. The van der Waals surface area contributed by atoms with Gasteiger partial charge in [0.2, 0.25) is 0 Å². The van der Waals surface area contributed by atoms with Crippen molar-refractivity contribution in [3.05, 3.63) is 24.3 Å². The van der Waals surface area contributed by atoms with Crippen molar-refractivity contribution in [3.63, 3.8) is 0 Å². The maximum Gasteiger partial charge on any atom is 0.182 e. The van der Waals surface area contributed by atoms with E-state index in [4.69, 9.17) is 4.74 Å². The van der Waals surface area contributed by atoms with Gasteiger partial charge in [0.25, 0.3) is 0 Å². The van der Waals surface area contributed by atoms with Crippen molar-refractivity contribution in [1.29, 1.82) is 0 Å². The molecule has 112 valence electrons. The Balaban J connectivity index is 1.82. The highest BCUT2D eigenvalue weighted by Gasteiger charge is 2.20. The van der Waals surface area contributed by atoms with Gasteiger partial charge in [-0.25, -0.2) is 4.68 Å². The summed E-state index contributed by atoms with van der Waals surface area (Å²) in [6.07, 6.45) is 2.30. The van der Waals surface area contributed by atoms with Crippen LogP contribution < -0.4 is 10.1 Å². The standard InChI is InChI=1S/C15H21N5O/c1-11(2)21-14-5-3-12(4-6-14)15-17-18-19-20(15)13-7-9-16-10-8-13/h3-6,11,13,16H,7-10H2,1-2H3. The van der Waals surface area contributed by atoms with E-state index in [2.05, 4.69) is 20.8 Å². The van der Waals surface area contributed by atoms with Crippen LogP contribution in [0.3, 0.4) is 0 Å². The Labute approximate surface area is 124 Å². The van der Waals surface area contributed by atoms with Crippen molar-refractivity contribution in [1.82, 2.24) is 25.5 Å². The summed E-state index contributed by atoms with van der Waals surface area (Å²) in [4.78, 5) is 0. The van der Waals surface area contributed by atoms with Crippen LogP contribution in [0.5, 0.6) is 5.75 Å². The number of hydrogen-bond acceptors (Lipinski definition) is 5. The Morgan fingerprint density at radius 2 is 1.90 bits per heavy atom. The van der Waals surface area contributed by atoms with Crippen LogP contribution in [-0.2, 0) is 0 Å². The molecular formula is C15H21N5O. The van der Waals surface area contributed by atoms with E-state index < -0.39 is 0 Å². The van der Waals surface area contributed by atoms with Gasteiger partial charge in [0, 0.05) is 5.56 Å². The highest BCUT2D eigenvalue weighted by Crippen LogP contribution is 2.25. The summed E-state index contributed by atoms with van der Waals surface area (Å²) in [6, 6.07) is 8.35. The number of nitrogens with one attached hydrogen (secondary N) is 1. The summed E-state index contributed by atoms with van der Waals surface area (Å²) in [6.45, 7) is 6.08. The van der Waals surface area contributed by atoms with E-state index >= 15 is 0 Å². The fourth-order valence-electron chi connectivity index (χ4n) is 2.64. The smallest absolute Gasteiger partial charge is 0.182 e. The molecule has 6 heteroatoms. The lowest BCUT2D eigenvalue weighted by molar-refractivity contribution is 0.242. The van der Waals surface area contributed by atoms with Crippen LogP contribution in [-0.4, -0.2) is 39.4 Å². The minimum Gasteiger partial charge on any atom is -0.491 e. The number of tetrazole rings is 1. The Morgan fingerprint density at radius 3 is 2.57 bits per heavy atom. The van der Waals surface area contributed by atoms with Crippen molar-refractivity contribution < 1.29 is 4.74 Å². The molecule has 0 amide bonds. The Kier molecular flexibility index (Phi) is 4.15. The zero-order chi connectivity index (χ0) is 14.7. The first kappa shape index (κ1) is 14.0. The molecule has 0 radical (unpaired) electrons. The van der Waals surface area contributed by atoms with Crippen molar-refractivity contribution in [2.45, 2.75) is 38.8 Å². The summed E-state index contributed by atoms with van der Waals surface area (Å²) in [7, 11) is 0. The molecule has 0 atom stereocenters. The van der Waals surface area contributed by atoms with Gasteiger partial charge in [-0.2, -0.15) is 0 Å². The van der Waals surface area contributed by atoms with E-state index in [1.807, 2.05) is 42.8 Å². The maximum absolute atomic E-state index is 5.67. The second-order valence-electron chi connectivity index (χ2n) is 5.62. The van der Waals surface area contributed by atoms with Crippen molar-refractivity contribution in [2.75, 3.05) is 13.1 Å². The maximum atomic E-state index is 5.67. The van der Waals surface area contributed by atoms with Crippen molar-refractivity contribution in [3.8, 4) is 17.1 Å². The second-order valence-corrected chi connectivity index (χ2v) is 5.62. The molecule has 3 rings (SSSR count). The summed E-state index contributed by atoms with van der Waals surface area (Å²) >= 11 is 0. The molecule has 1 fully saturated rings. The highest BCUT2D eigenvalue weighted by atomic mass is 16.5. The number of ether oxygens (including phenoxy) is 1. The number of aromatic nitrogens is 4. The summed E-state index contributed by atoms with van der Waals surface area (Å²) in [5.41, 5.74) is 1.02. The van der Waals surface area contributed by atoms with Gasteiger partial charge in [0.05, 0.1) is 12.1 Å². The van der Waals surface area contributed by atoms with Crippen LogP contribution in [0.25, 0.3) is 11.4 Å². The van der Waals surface area contributed by atoms with E-state index in [1.54, 1.807) is 0 Å². The SMILES string of the molecule is CC(C)Oc1ccc(-c2nnnn2C2CCNCC2)cc1. The van der Waals surface area contributed by atoms with E-state index in [-0.39, 0.29) is 6.10 Å². The van der Waals surface area contributed by atoms with E-state index in [1.165, 1.54) is 0 Å². The van der Waals surface area contributed by atoms with Crippen LogP contribution >= 0.6 is 0 Å². The number of rotatable bonds is 4. The molecule has 0 bridgehead atoms. The van der Waals surface area contributed by atoms with Gasteiger partial charge in [0.15, 0.2) is 5.82 Å². The molecule has 6 nitrogen and oxygen atoms in total. The van der Waals surface area contributed by atoms with Crippen LogP contribution in [0.15, 0.2) is 24.3 Å². The van der Waals surface area contributed by atoms with Gasteiger partial charge in [0.1, 0.15) is 5.75 Å². The second kappa shape index (κ2) is 6.22. The lowest BCUT2D eigenvalue weighted by Gasteiger charge is -2.23. The molecule has 1 aliphatic heterocycles. The molecule has 1 aliphatic rings. The largest absolute Gasteiger partial charge is 0.491 e. The molecule has 1 N–H and O–H groups in total. The minimum absolute atomic E-state index is 0.177. The minimum atomic E-state index is 0.177. The van der Waals surface area contributed by atoms with Gasteiger partial charge in [-0.1, -0.05) is 0 Å². The van der Waals surface area contributed by atoms with Gasteiger partial charge >= 0.3 is 0 Å². The lowest BCUT2D eigenvalue weighted by atomic mass is 10.1. The Morgan fingerprint density at radius 1 is 1.19 bits per heavy atom. The lowest BCUT2D eigenvalue weighted by Crippen LogP contribution is -2.30. The summed E-state index contributed by atoms with van der Waals surface area (Å²) in [5, 5.41) is 15.6. The predicted octanol–water partition coefficient (Wildman–Crippen LogP) is 2.05. The third-order valence-corrected chi connectivity index (χ3v) is 3.63. The molecule has 2 heterocycles. The van der Waals surface area contributed by atoms with Gasteiger partial charge in [-0.05, 0) is 74.5 Å². The quantitative estimate of drug-likeness (QED) is 0.932. The van der Waals surface area contributed by atoms with Gasteiger partial charge in [-0.15, -0.1) is 5.10 Å². The van der Waals surface area contributed by atoms with E-state index in [0.717, 1.165) is 43.1 Å². The van der Waals surface area contributed by atoms with Crippen LogP contribution in [0, 0.1) is 0 Å². The number of hydrogen-bond donors (Lipinski definition) is 1. The molecule has 0 aliphatic carbocycles. The van der Waals surface area contributed by atoms with E-state index in [9.17, 15) is 0 Å². The Hall–Kier alpha value is -1.95. The zero-order valence-corrected chi connectivity index (χ0v) is 12.5. The fraction of sp³-hybridized carbons (Fsp3) is 0.533. The monoisotopic (exact) mass is 287 g/mol.